The van der Waals surface area contributed by atoms with Crippen LogP contribution in [0.2, 0.25) is 0 Å². The Hall–Kier alpha value is -0.540. The zero-order valence-corrected chi connectivity index (χ0v) is 10.3. The van der Waals surface area contributed by atoms with Gasteiger partial charge < -0.3 is 10.6 Å². The molecule has 0 heterocycles. The first-order valence-corrected chi connectivity index (χ1v) is 5.75. The van der Waals surface area contributed by atoms with Gasteiger partial charge in [-0.3, -0.25) is 0 Å². The highest BCUT2D eigenvalue weighted by atomic mass is 79.9. The van der Waals surface area contributed by atoms with Gasteiger partial charge in [0, 0.05) is 29.8 Å². The van der Waals surface area contributed by atoms with E-state index >= 15 is 0 Å². The van der Waals surface area contributed by atoms with Crippen molar-refractivity contribution < 1.29 is 0 Å². The topological polar surface area (TPSA) is 29.3 Å². The molecule has 0 saturated carbocycles. The molecule has 0 aromatic heterocycles. The Kier molecular flexibility index (Phi) is 4.42. The van der Waals surface area contributed by atoms with Gasteiger partial charge in [-0.05, 0) is 37.6 Å². The van der Waals surface area contributed by atoms with Gasteiger partial charge in [0.2, 0.25) is 0 Å². The molecule has 2 N–H and O–H groups in total. The van der Waals surface area contributed by atoms with Crippen LogP contribution in [0.1, 0.15) is 19.4 Å². The average molecular weight is 257 g/mol. The van der Waals surface area contributed by atoms with Gasteiger partial charge in [0.1, 0.15) is 0 Å². The highest BCUT2D eigenvalue weighted by Gasteiger charge is 2.03. The summed E-state index contributed by atoms with van der Waals surface area (Å²) in [7, 11) is 0. The van der Waals surface area contributed by atoms with Crippen LogP contribution in [0.4, 0.5) is 5.69 Å². The van der Waals surface area contributed by atoms with Crippen LogP contribution >= 0.6 is 15.9 Å². The summed E-state index contributed by atoms with van der Waals surface area (Å²) in [6, 6.07) is 6.34. The van der Waals surface area contributed by atoms with Crippen LogP contribution in [0, 0.1) is 0 Å². The fraction of sp³-hybridized carbons (Fsp3) is 0.455. The average Bonchev–Trinajstić information content (AvgIpc) is 2.19. The van der Waals surface area contributed by atoms with Gasteiger partial charge in [0.05, 0.1) is 0 Å². The SMILES string of the molecule is CCN(CC)c1cc(Br)cc(CN)c1. The summed E-state index contributed by atoms with van der Waals surface area (Å²) in [6.45, 7) is 6.96. The van der Waals surface area contributed by atoms with Gasteiger partial charge in [0.15, 0.2) is 0 Å². The summed E-state index contributed by atoms with van der Waals surface area (Å²) < 4.78 is 1.10. The Balaban J connectivity index is 3.01. The Morgan fingerprint density at radius 3 is 2.36 bits per heavy atom. The second-order valence-electron chi connectivity index (χ2n) is 3.19. The minimum Gasteiger partial charge on any atom is -0.372 e. The lowest BCUT2D eigenvalue weighted by molar-refractivity contribution is 0.863. The molecule has 1 aromatic carbocycles. The lowest BCUT2D eigenvalue weighted by Crippen LogP contribution is -2.22. The predicted octanol–water partition coefficient (Wildman–Crippen LogP) is 2.75. The third-order valence-corrected chi connectivity index (χ3v) is 2.76. The number of nitrogens with two attached hydrogens (primary N) is 1. The molecule has 1 aromatic rings. The summed E-state index contributed by atoms with van der Waals surface area (Å²) >= 11 is 3.50. The van der Waals surface area contributed by atoms with Crippen LogP contribution in [0.3, 0.4) is 0 Å². The molecular formula is C11H17BrN2. The number of halogens is 1. The zero-order valence-electron chi connectivity index (χ0n) is 8.76. The van der Waals surface area contributed by atoms with E-state index in [9.17, 15) is 0 Å². The van der Waals surface area contributed by atoms with Gasteiger partial charge in [-0.25, -0.2) is 0 Å². The summed E-state index contributed by atoms with van der Waals surface area (Å²) in [5, 5.41) is 0. The molecule has 3 heteroatoms. The standard InChI is InChI=1S/C11H17BrN2/c1-3-14(4-2)11-6-9(8-13)5-10(12)7-11/h5-7H,3-4,8,13H2,1-2H3. The van der Waals surface area contributed by atoms with Crippen LogP contribution < -0.4 is 10.6 Å². The van der Waals surface area contributed by atoms with Crippen LogP contribution in [-0.2, 0) is 6.54 Å². The Morgan fingerprint density at radius 2 is 1.86 bits per heavy atom. The third-order valence-electron chi connectivity index (χ3n) is 2.31. The molecule has 0 aliphatic rings. The first kappa shape index (κ1) is 11.5. The first-order valence-electron chi connectivity index (χ1n) is 4.95. The fourth-order valence-corrected chi connectivity index (χ4v) is 2.05. The molecule has 0 bridgehead atoms. The quantitative estimate of drug-likeness (QED) is 0.898. The van der Waals surface area contributed by atoms with Crippen molar-refractivity contribution in [2.24, 2.45) is 5.73 Å². The van der Waals surface area contributed by atoms with Crippen molar-refractivity contribution in [3.05, 3.63) is 28.2 Å². The molecule has 0 spiro atoms. The molecule has 2 nitrogen and oxygen atoms in total. The maximum atomic E-state index is 5.63. The van der Waals surface area contributed by atoms with Crippen LogP contribution in [-0.4, -0.2) is 13.1 Å². The van der Waals surface area contributed by atoms with Crippen molar-refractivity contribution in [1.82, 2.24) is 0 Å². The predicted molar refractivity (Wildman–Crippen MR) is 65.6 cm³/mol. The van der Waals surface area contributed by atoms with E-state index in [-0.39, 0.29) is 0 Å². The largest absolute Gasteiger partial charge is 0.372 e. The van der Waals surface area contributed by atoms with E-state index in [0.717, 1.165) is 17.6 Å². The molecule has 0 amide bonds. The second-order valence-corrected chi connectivity index (χ2v) is 4.11. The van der Waals surface area contributed by atoms with E-state index in [0.29, 0.717) is 6.54 Å². The van der Waals surface area contributed by atoms with E-state index in [1.54, 1.807) is 0 Å². The molecule has 0 fully saturated rings. The maximum Gasteiger partial charge on any atom is 0.0380 e. The molecule has 0 atom stereocenters. The van der Waals surface area contributed by atoms with Crippen molar-refractivity contribution in [3.63, 3.8) is 0 Å². The van der Waals surface area contributed by atoms with E-state index in [1.807, 2.05) is 0 Å². The molecule has 0 radical (unpaired) electrons. The van der Waals surface area contributed by atoms with Crippen LogP contribution in [0.5, 0.6) is 0 Å². The monoisotopic (exact) mass is 256 g/mol. The van der Waals surface area contributed by atoms with E-state index in [2.05, 4.69) is 52.9 Å². The number of hydrogen-bond acceptors (Lipinski definition) is 2. The number of benzene rings is 1. The normalized spacial score (nSPS) is 10.3. The van der Waals surface area contributed by atoms with Gasteiger partial charge >= 0.3 is 0 Å². The number of anilines is 1. The molecule has 14 heavy (non-hydrogen) atoms. The highest BCUT2D eigenvalue weighted by Crippen LogP contribution is 2.22. The van der Waals surface area contributed by atoms with Crippen LogP contribution in [0.15, 0.2) is 22.7 Å². The smallest absolute Gasteiger partial charge is 0.0380 e. The second kappa shape index (κ2) is 5.37. The lowest BCUT2D eigenvalue weighted by Gasteiger charge is -2.21. The van der Waals surface area contributed by atoms with Crippen molar-refractivity contribution in [2.75, 3.05) is 18.0 Å². The molecule has 1 rings (SSSR count). The van der Waals surface area contributed by atoms with Crippen LogP contribution in [0.25, 0.3) is 0 Å². The number of hydrogen-bond donors (Lipinski definition) is 1. The molecule has 0 aliphatic carbocycles. The lowest BCUT2D eigenvalue weighted by atomic mass is 10.2. The Labute approximate surface area is 94.2 Å². The molecular weight excluding hydrogens is 240 g/mol. The summed E-state index contributed by atoms with van der Waals surface area (Å²) in [5.74, 6) is 0. The number of nitrogens with zero attached hydrogens (tertiary/aromatic N) is 1. The van der Waals surface area contributed by atoms with Gasteiger partial charge in [-0.2, -0.15) is 0 Å². The van der Waals surface area contributed by atoms with Crippen molar-refractivity contribution in [1.29, 1.82) is 0 Å². The van der Waals surface area contributed by atoms with E-state index < -0.39 is 0 Å². The zero-order chi connectivity index (χ0) is 10.6. The van der Waals surface area contributed by atoms with E-state index in [1.165, 1.54) is 11.3 Å². The summed E-state index contributed by atoms with van der Waals surface area (Å²) in [5.41, 5.74) is 8.04. The van der Waals surface area contributed by atoms with E-state index in [4.69, 9.17) is 5.73 Å². The molecule has 0 unspecified atom stereocenters. The fourth-order valence-electron chi connectivity index (χ4n) is 1.52. The van der Waals surface area contributed by atoms with Gasteiger partial charge in [-0.15, -0.1) is 0 Å². The minimum atomic E-state index is 0.591. The Bertz CT molecular complexity index is 295. The van der Waals surface area contributed by atoms with Crippen molar-refractivity contribution in [2.45, 2.75) is 20.4 Å². The summed E-state index contributed by atoms with van der Waals surface area (Å²) in [4.78, 5) is 2.31. The van der Waals surface area contributed by atoms with Gasteiger partial charge in [0.25, 0.3) is 0 Å². The summed E-state index contributed by atoms with van der Waals surface area (Å²) in [6.07, 6.45) is 0. The Morgan fingerprint density at radius 1 is 1.21 bits per heavy atom. The molecule has 0 aliphatic heterocycles. The third kappa shape index (κ3) is 2.72. The van der Waals surface area contributed by atoms with Gasteiger partial charge in [-0.1, -0.05) is 15.9 Å². The van der Waals surface area contributed by atoms with Crippen molar-refractivity contribution in [3.8, 4) is 0 Å². The highest BCUT2D eigenvalue weighted by molar-refractivity contribution is 9.10. The minimum absolute atomic E-state index is 0.591. The first-order chi connectivity index (χ1) is 6.71. The molecule has 0 saturated heterocycles. The van der Waals surface area contributed by atoms with Crippen molar-refractivity contribution >= 4 is 21.6 Å². The maximum absolute atomic E-state index is 5.63. The molecule has 78 valence electrons. The number of rotatable bonds is 4.